The molecule has 1 aliphatic carbocycles. The highest BCUT2D eigenvalue weighted by Gasteiger charge is 2.30. The van der Waals surface area contributed by atoms with Crippen LogP contribution >= 0.6 is 15.9 Å². The standard InChI is InChI=1S/C15H21BrFN/c1-2-4-10-7-8-14(18)12(9-10)11-5-3-6-13(16)15(11)17/h3,5-6,10,12,14H,2,4,7-9,18H2,1H3. The second-order valence-corrected chi connectivity index (χ2v) is 6.24. The van der Waals surface area contributed by atoms with E-state index in [9.17, 15) is 4.39 Å². The summed E-state index contributed by atoms with van der Waals surface area (Å²) in [5.41, 5.74) is 7.00. The Morgan fingerprint density at radius 3 is 2.89 bits per heavy atom. The predicted octanol–water partition coefficient (Wildman–Crippen LogP) is 4.60. The predicted molar refractivity (Wildman–Crippen MR) is 77.1 cm³/mol. The normalized spacial score (nSPS) is 28.3. The van der Waals surface area contributed by atoms with E-state index in [2.05, 4.69) is 22.9 Å². The maximum absolute atomic E-state index is 14.2. The van der Waals surface area contributed by atoms with E-state index < -0.39 is 0 Å². The van der Waals surface area contributed by atoms with Crippen LogP contribution in [0.2, 0.25) is 0 Å². The fourth-order valence-corrected chi connectivity index (χ4v) is 3.50. The Morgan fingerprint density at radius 1 is 1.39 bits per heavy atom. The van der Waals surface area contributed by atoms with Gasteiger partial charge in [0, 0.05) is 12.0 Å². The summed E-state index contributed by atoms with van der Waals surface area (Å²) < 4.78 is 14.7. The minimum absolute atomic E-state index is 0.0990. The number of hydrogen-bond donors (Lipinski definition) is 1. The molecule has 0 heterocycles. The lowest BCUT2D eigenvalue weighted by atomic mass is 9.73. The van der Waals surface area contributed by atoms with Gasteiger partial charge in [-0.3, -0.25) is 0 Å². The Hall–Kier alpha value is -0.410. The molecule has 2 N–H and O–H groups in total. The lowest BCUT2D eigenvalue weighted by Gasteiger charge is -2.34. The molecule has 1 nitrogen and oxygen atoms in total. The Balaban J connectivity index is 2.21. The molecule has 1 aromatic rings. The smallest absolute Gasteiger partial charge is 0.140 e. The van der Waals surface area contributed by atoms with Crippen molar-refractivity contribution in [2.24, 2.45) is 11.7 Å². The molecule has 18 heavy (non-hydrogen) atoms. The first-order valence-electron chi connectivity index (χ1n) is 6.83. The van der Waals surface area contributed by atoms with E-state index in [-0.39, 0.29) is 17.8 Å². The van der Waals surface area contributed by atoms with Crippen LogP contribution in [0.4, 0.5) is 4.39 Å². The highest BCUT2D eigenvalue weighted by atomic mass is 79.9. The average molecular weight is 314 g/mol. The molecular formula is C15H21BrFN. The summed E-state index contributed by atoms with van der Waals surface area (Å²) in [6.45, 7) is 2.21. The largest absolute Gasteiger partial charge is 0.327 e. The van der Waals surface area contributed by atoms with Crippen molar-refractivity contribution in [1.29, 1.82) is 0 Å². The lowest BCUT2D eigenvalue weighted by molar-refractivity contribution is 0.270. The molecule has 0 radical (unpaired) electrons. The van der Waals surface area contributed by atoms with Crippen LogP contribution in [-0.4, -0.2) is 6.04 Å². The minimum Gasteiger partial charge on any atom is -0.327 e. The second kappa shape index (κ2) is 6.16. The van der Waals surface area contributed by atoms with Gasteiger partial charge < -0.3 is 5.73 Å². The number of halogens is 2. The Morgan fingerprint density at radius 2 is 2.17 bits per heavy atom. The van der Waals surface area contributed by atoms with E-state index >= 15 is 0 Å². The Kier molecular flexibility index (Phi) is 4.79. The minimum atomic E-state index is -0.130. The molecule has 0 amide bonds. The van der Waals surface area contributed by atoms with Crippen molar-refractivity contribution >= 4 is 15.9 Å². The van der Waals surface area contributed by atoms with Crippen molar-refractivity contribution < 1.29 is 4.39 Å². The molecule has 0 spiro atoms. The van der Waals surface area contributed by atoms with E-state index in [1.807, 2.05) is 12.1 Å². The second-order valence-electron chi connectivity index (χ2n) is 5.38. The summed E-state index contributed by atoms with van der Waals surface area (Å²) in [5.74, 6) is 0.751. The topological polar surface area (TPSA) is 26.0 Å². The fraction of sp³-hybridized carbons (Fsp3) is 0.600. The van der Waals surface area contributed by atoms with Gasteiger partial charge in [0.2, 0.25) is 0 Å². The van der Waals surface area contributed by atoms with Crippen molar-refractivity contribution in [3.05, 3.63) is 34.1 Å². The molecule has 3 unspecified atom stereocenters. The Labute approximate surface area is 117 Å². The van der Waals surface area contributed by atoms with Crippen LogP contribution in [0.25, 0.3) is 0 Å². The molecular weight excluding hydrogens is 293 g/mol. The summed E-state index contributed by atoms with van der Waals surface area (Å²) in [6, 6.07) is 5.64. The third-order valence-electron chi connectivity index (χ3n) is 4.09. The first-order valence-corrected chi connectivity index (χ1v) is 7.62. The van der Waals surface area contributed by atoms with Gasteiger partial charge in [0.05, 0.1) is 4.47 Å². The van der Waals surface area contributed by atoms with Gasteiger partial charge in [0.25, 0.3) is 0 Å². The van der Waals surface area contributed by atoms with Gasteiger partial charge >= 0.3 is 0 Å². The third kappa shape index (κ3) is 2.94. The number of nitrogens with two attached hydrogens (primary N) is 1. The molecule has 3 heteroatoms. The molecule has 0 aromatic heterocycles. The van der Waals surface area contributed by atoms with Gasteiger partial charge in [0.1, 0.15) is 5.82 Å². The highest BCUT2D eigenvalue weighted by Crippen LogP contribution is 2.39. The first kappa shape index (κ1) is 14.0. The summed E-state index contributed by atoms with van der Waals surface area (Å²) in [5, 5.41) is 0. The summed E-state index contributed by atoms with van der Waals surface area (Å²) in [6.07, 6.45) is 5.68. The van der Waals surface area contributed by atoms with Crippen molar-refractivity contribution in [3.8, 4) is 0 Å². The maximum Gasteiger partial charge on any atom is 0.140 e. The molecule has 1 fully saturated rings. The van der Waals surface area contributed by atoms with Gasteiger partial charge in [-0.1, -0.05) is 31.9 Å². The van der Waals surface area contributed by atoms with Crippen LogP contribution in [0.3, 0.4) is 0 Å². The number of hydrogen-bond acceptors (Lipinski definition) is 1. The molecule has 0 bridgehead atoms. The van der Waals surface area contributed by atoms with E-state index in [0.29, 0.717) is 10.4 Å². The lowest BCUT2D eigenvalue weighted by Crippen LogP contribution is -2.35. The van der Waals surface area contributed by atoms with Crippen LogP contribution in [0, 0.1) is 11.7 Å². The zero-order valence-corrected chi connectivity index (χ0v) is 12.4. The van der Waals surface area contributed by atoms with Crippen molar-refractivity contribution in [2.75, 3.05) is 0 Å². The van der Waals surface area contributed by atoms with Crippen LogP contribution in [0.1, 0.15) is 50.5 Å². The molecule has 1 aromatic carbocycles. The van der Waals surface area contributed by atoms with E-state index in [1.54, 1.807) is 6.07 Å². The molecule has 0 aliphatic heterocycles. The summed E-state index contributed by atoms with van der Waals surface area (Å²) in [4.78, 5) is 0. The fourth-order valence-electron chi connectivity index (χ4n) is 3.12. The highest BCUT2D eigenvalue weighted by molar-refractivity contribution is 9.10. The van der Waals surface area contributed by atoms with E-state index in [0.717, 1.165) is 18.4 Å². The number of rotatable bonds is 3. The third-order valence-corrected chi connectivity index (χ3v) is 4.70. The molecule has 1 saturated carbocycles. The van der Waals surface area contributed by atoms with Crippen LogP contribution < -0.4 is 5.73 Å². The summed E-state index contributed by atoms with van der Waals surface area (Å²) >= 11 is 3.26. The zero-order valence-electron chi connectivity index (χ0n) is 10.8. The van der Waals surface area contributed by atoms with E-state index in [1.165, 1.54) is 19.3 Å². The average Bonchev–Trinajstić information content (AvgIpc) is 2.36. The maximum atomic E-state index is 14.2. The van der Waals surface area contributed by atoms with Crippen molar-refractivity contribution in [2.45, 2.75) is 51.0 Å². The molecule has 1 aliphatic rings. The van der Waals surface area contributed by atoms with Crippen molar-refractivity contribution in [1.82, 2.24) is 0 Å². The van der Waals surface area contributed by atoms with Gasteiger partial charge in [-0.2, -0.15) is 0 Å². The first-order chi connectivity index (χ1) is 8.63. The molecule has 3 atom stereocenters. The van der Waals surface area contributed by atoms with Gasteiger partial charge in [-0.05, 0) is 52.7 Å². The zero-order chi connectivity index (χ0) is 13.1. The van der Waals surface area contributed by atoms with Gasteiger partial charge in [0.15, 0.2) is 0 Å². The SMILES string of the molecule is CCCC1CCC(N)C(c2cccc(Br)c2F)C1. The quantitative estimate of drug-likeness (QED) is 0.867. The molecule has 100 valence electrons. The van der Waals surface area contributed by atoms with E-state index in [4.69, 9.17) is 5.73 Å². The number of benzene rings is 1. The molecule has 0 saturated heterocycles. The Bertz CT molecular complexity index is 407. The van der Waals surface area contributed by atoms with Crippen LogP contribution in [0.5, 0.6) is 0 Å². The van der Waals surface area contributed by atoms with Gasteiger partial charge in [-0.25, -0.2) is 4.39 Å². The monoisotopic (exact) mass is 313 g/mol. The van der Waals surface area contributed by atoms with Gasteiger partial charge in [-0.15, -0.1) is 0 Å². The molecule has 2 rings (SSSR count). The van der Waals surface area contributed by atoms with Crippen LogP contribution in [-0.2, 0) is 0 Å². The van der Waals surface area contributed by atoms with Crippen LogP contribution in [0.15, 0.2) is 22.7 Å². The summed E-state index contributed by atoms with van der Waals surface area (Å²) in [7, 11) is 0. The van der Waals surface area contributed by atoms with Crippen molar-refractivity contribution in [3.63, 3.8) is 0 Å².